The maximum atomic E-state index is 14.7. The van der Waals surface area contributed by atoms with Crippen molar-refractivity contribution in [3.63, 3.8) is 0 Å². The van der Waals surface area contributed by atoms with Crippen molar-refractivity contribution in [1.29, 1.82) is 0 Å². The van der Waals surface area contributed by atoms with Crippen LogP contribution in [0.3, 0.4) is 0 Å². The number of nitrogen functional groups attached to an aromatic ring is 1. The Morgan fingerprint density at radius 1 is 1.14 bits per heavy atom. The fraction of sp³-hybridized carbons (Fsp3) is 0.190. The molecule has 1 aliphatic rings. The second-order valence-corrected chi connectivity index (χ2v) is 7.13. The summed E-state index contributed by atoms with van der Waals surface area (Å²) >= 11 is 0. The van der Waals surface area contributed by atoms with E-state index in [9.17, 15) is 13.9 Å². The lowest BCUT2D eigenvalue weighted by molar-refractivity contribution is 0.436. The second-order valence-electron chi connectivity index (χ2n) is 7.13. The first-order valence-corrected chi connectivity index (χ1v) is 9.29. The number of phenols is 1. The molecule has 3 N–H and O–H groups in total. The molecule has 0 radical (unpaired) electrons. The number of hydrogen-bond acceptors (Lipinski definition) is 5. The summed E-state index contributed by atoms with van der Waals surface area (Å²) in [7, 11) is 0. The number of halogens is 2. The van der Waals surface area contributed by atoms with Gasteiger partial charge in [-0.1, -0.05) is 12.1 Å². The number of benzene rings is 2. The summed E-state index contributed by atoms with van der Waals surface area (Å²) in [6, 6.07) is 8.38. The van der Waals surface area contributed by atoms with Gasteiger partial charge in [0.15, 0.2) is 5.65 Å². The Bertz CT molecular complexity index is 1250. The number of phenolic OH excluding ortho intramolecular Hbond substituents is 1. The van der Waals surface area contributed by atoms with Crippen LogP contribution in [0.4, 0.5) is 14.6 Å². The van der Waals surface area contributed by atoms with Crippen LogP contribution < -0.4 is 5.73 Å². The van der Waals surface area contributed by atoms with Crippen molar-refractivity contribution in [3.8, 4) is 17.0 Å². The molecule has 4 aromatic rings. The van der Waals surface area contributed by atoms with Gasteiger partial charge in [-0.05, 0) is 43.0 Å². The van der Waals surface area contributed by atoms with Crippen LogP contribution in [0.2, 0.25) is 0 Å². The highest BCUT2D eigenvalue weighted by Crippen LogP contribution is 2.40. The standard InChI is InChI=1S/C21H17F2N5O/c22-12-7-8-13(16(29)9-12)19-18-20(24)25-10-26-21(18)28(27-19)15-6-2-4-11-3-1-5-14(23)17(11)15/h1,3,5,7-10,15,29H,2,4,6H2,(H2,24,25,26). The Morgan fingerprint density at radius 3 is 2.83 bits per heavy atom. The molecule has 146 valence electrons. The van der Waals surface area contributed by atoms with E-state index in [1.807, 2.05) is 6.07 Å². The van der Waals surface area contributed by atoms with E-state index in [4.69, 9.17) is 5.73 Å². The van der Waals surface area contributed by atoms with Gasteiger partial charge in [0.05, 0.1) is 11.4 Å². The average Bonchev–Trinajstić information content (AvgIpc) is 3.08. The Balaban J connectivity index is 1.79. The fourth-order valence-corrected chi connectivity index (χ4v) is 4.15. The highest BCUT2D eigenvalue weighted by atomic mass is 19.1. The maximum Gasteiger partial charge on any atom is 0.164 e. The van der Waals surface area contributed by atoms with Gasteiger partial charge < -0.3 is 10.8 Å². The first-order valence-electron chi connectivity index (χ1n) is 9.29. The Morgan fingerprint density at radius 2 is 2.00 bits per heavy atom. The van der Waals surface area contributed by atoms with E-state index in [-0.39, 0.29) is 23.4 Å². The monoisotopic (exact) mass is 393 g/mol. The van der Waals surface area contributed by atoms with Gasteiger partial charge in [0, 0.05) is 17.2 Å². The second kappa shape index (κ2) is 6.51. The normalized spacial score (nSPS) is 16.1. The molecule has 0 saturated carbocycles. The van der Waals surface area contributed by atoms with Gasteiger partial charge in [-0.25, -0.2) is 23.4 Å². The van der Waals surface area contributed by atoms with Gasteiger partial charge in [-0.15, -0.1) is 0 Å². The molecule has 1 atom stereocenters. The van der Waals surface area contributed by atoms with Crippen molar-refractivity contribution in [1.82, 2.24) is 19.7 Å². The van der Waals surface area contributed by atoms with E-state index in [0.29, 0.717) is 34.3 Å². The predicted octanol–water partition coefficient (Wildman–Crippen LogP) is 3.99. The molecule has 0 saturated heterocycles. The zero-order chi connectivity index (χ0) is 20.1. The third-order valence-corrected chi connectivity index (χ3v) is 5.43. The summed E-state index contributed by atoms with van der Waals surface area (Å²) in [5.74, 6) is -0.939. The number of nitrogens with two attached hydrogens (primary N) is 1. The van der Waals surface area contributed by atoms with Crippen molar-refractivity contribution in [2.24, 2.45) is 0 Å². The quantitative estimate of drug-likeness (QED) is 0.538. The molecular formula is C21H17F2N5O. The zero-order valence-electron chi connectivity index (χ0n) is 15.3. The molecule has 0 aliphatic heterocycles. The van der Waals surface area contributed by atoms with Crippen molar-refractivity contribution in [2.75, 3.05) is 5.73 Å². The minimum absolute atomic E-state index is 0.185. The Kier molecular flexibility index (Phi) is 3.94. The Labute approximate surface area is 164 Å². The average molecular weight is 393 g/mol. The largest absolute Gasteiger partial charge is 0.507 e. The first kappa shape index (κ1) is 17.5. The number of fused-ring (bicyclic) bond motifs is 2. The van der Waals surface area contributed by atoms with E-state index in [1.165, 1.54) is 24.5 Å². The first-order chi connectivity index (χ1) is 14.0. The summed E-state index contributed by atoms with van der Waals surface area (Å²) in [4.78, 5) is 8.39. The molecule has 2 aromatic carbocycles. The van der Waals surface area contributed by atoms with Crippen LogP contribution in [-0.4, -0.2) is 24.9 Å². The smallest absolute Gasteiger partial charge is 0.164 e. The molecule has 29 heavy (non-hydrogen) atoms. The highest BCUT2D eigenvalue weighted by Gasteiger charge is 2.29. The van der Waals surface area contributed by atoms with Crippen LogP contribution >= 0.6 is 0 Å². The molecule has 5 rings (SSSR count). The van der Waals surface area contributed by atoms with Crippen LogP contribution in [-0.2, 0) is 6.42 Å². The lowest BCUT2D eigenvalue weighted by Crippen LogP contribution is -2.20. The molecule has 6 nitrogen and oxygen atoms in total. The molecule has 0 spiro atoms. The van der Waals surface area contributed by atoms with Gasteiger partial charge in [0.1, 0.15) is 35.2 Å². The minimum Gasteiger partial charge on any atom is -0.507 e. The van der Waals surface area contributed by atoms with Crippen LogP contribution in [0.25, 0.3) is 22.3 Å². The summed E-state index contributed by atoms with van der Waals surface area (Å²) in [6.07, 6.45) is 3.68. The summed E-state index contributed by atoms with van der Waals surface area (Å²) in [6.45, 7) is 0. The third kappa shape index (κ3) is 2.71. The maximum absolute atomic E-state index is 14.7. The van der Waals surface area contributed by atoms with E-state index >= 15 is 0 Å². The molecule has 1 unspecified atom stereocenters. The minimum atomic E-state index is -0.567. The molecule has 8 heteroatoms. The van der Waals surface area contributed by atoms with Gasteiger partial charge in [-0.2, -0.15) is 5.10 Å². The number of anilines is 1. The van der Waals surface area contributed by atoms with Crippen LogP contribution in [0.1, 0.15) is 30.0 Å². The molecule has 0 fully saturated rings. The molecule has 2 aromatic heterocycles. The lowest BCUT2D eigenvalue weighted by atomic mass is 9.87. The van der Waals surface area contributed by atoms with Crippen molar-refractivity contribution in [3.05, 3.63) is 65.5 Å². The third-order valence-electron chi connectivity index (χ3n) is 5.43. The van der Waals surface area contributed by atoms with Crippen molar-refractivity contribution >= 4 is 16.9 Å². The predicted molar refractivity (Wildman–Crippen MR) is 104 cm³/mol. The van der Waals surface area contributed by atoms with Crippen LogP contribution in [0, 0.1) is 11.6 Å². The highest BCUT2D eigenvalue weighted by molar-refractivity contribution is 5.99. The summed E-state index contributed by atoms with van der Waals surface area (Å²) in [5, 5.41) is 15.4. The topological polar surface area (TPSA) is 89.8 Å². The van der Waals surface area contributed by atoms with Gasteiger partial charge in [0.2, 0.25) is 0 Å². The van der Waals surface area contributed by atoms with E-state index < -0.39 is 5.82 Å². The number of nitrogens with zero attached hydrogens (tertiary/aromatic N) is 4. The number of aromatic nitrogens is 4. The van der Waals surface area contributed by atoms with Crippen LogP contribution in [0.15, 0.2) is 42.7 Å². The summed E-state index contributed by atoms with van der Waals surface area (Å²) in [5.41, 5.74) is 8.72. The molecule has 0 bridgehead atoms. The van der Waals surface area contributed by atoms with Gasteiger partial charge in [-0.3, -0.25) is 0 Å². The van der Waals surface area contributed by atoms with Crippen molar-refractivity contribution in [2.45, 2.75) is 25.3 Å². The van der Waals surface area contributed by atoms with Crippen molar-refractivity contribution < 1.29 is 13.9 Å². The molecule has 0 amide bonds. The molecule has 1 aliphatic carbocycles. The number of hydrogen-bond donors (Lipinski definition) is 2. The Hall–Kier alpha value is -3.55. The number of aromatic hydroxyl groups is 1. The SMILES string of the molecule is Nc1ncnc2c1c(-c1ccc(F)cc1O)nn2C1CCCc2cccc(F)c21. The fourth-order valence-electron chi connectivity index (χ4n) is 4.15. The van der Waals surface area contributed by atoms with Gasteiger partial charge >= 0.3 is 0 Å². The van der Waals surface area contributed by atoms with E-state index in [0.717, 1.165) is 24.5 Å². The van der Waals surface area contributed by atoms with E-state index in [1.54, 1.807) is 10.7 Å². The number of rotatable bonds is 2. The van der Waals surface area contributed by atoms with Crippen LogP contribution in [0.5, 0.6) is 5.75 Å². The summed E-state index contributed by atoms with van der Waals surface area (Å²) < 4.78 is 29.9. The van der Waals surface area contributed by atoms with E-state index in [2.05, 4.69) is 15.1 Å². The lowest BCUT2D eigenvalue weighted by Gasteiger charge is -2.26. The zero-order valence-corrected chi connectivity index (χ0v) is 15.3. The molecule has 2 heterocycles. The molecular weight excluding hydrogens is 376 g/mol. The van der Waals surface area contributed by atoms with Gasteiger partial charge in [0.25, 0.3) is 0 Å². The number of aryl methyl sites for hydroxylation is 1.